The van der Waals surface area contributed by atoms with E-state index in [2.05, 4.69) is 0 Å². The van der Waals surface area contributed by atoms with E-state index in [0.717, 1.165) is 5.56 Å². The Kier molecular flexibility index (Phi) is 3.93. The maximum Gasteiger partial charge on any atom is 0.0450 e. The van der Waals surface area contributed by atoms with Crippen LogP contribution in [-0.2, 0) is 0 Å². The van der Waals surface area contributed by atoms with E-state index in [4.69, 9.17) is 34.8 Å². The van der Waals surface area contributed by atoms with Crippen LogP contribution in [0.1, 0.15) is 5.56 Å². The van der Waals surface area contributed by atoms with Crippen molar-refractivity contribution in [1.29, 1.82) is 0 Å². The smallest absolute Gasteiger partial charge is 0.0450 e. The van der Waals surface area contributed by atoms with Crippen LogP contribution in [-0.4, -0.2) is 5.88 Å². The summed E-state index contributed by atoms with van der Waals surface area (Å²) in [6.45, 7) is 0. The Morgan fingerprint density at radius 1 is 1.25 bits per heavy atom. The Bertz CT molecular complexity index is 274. The fourth-order valence-electron chi connectivity index (χ4n) is 0.795. The van der Waals surface area contributed by atoms with E-state index in [9.17, 15) is 0 Å². The SMILES string of the molecule is ClC/C=C(\Cl)c1ccc(Cl)cc1. The molecule has 1 rings (SSSR count). The summed E-state index contributed by atoms with van der Waals surface area (Å²) in [5.41, 5.74) is 0.932. The second kappa shape index (κ2) is 4.76. The standard InChI is InChI=1S/C9H7Cl3/c10-6-5-9(12)7-1-3-8(11)4-2-7/h1-5H,6H2/b9-5-. The molecule has 1 aromatic rings. The predicted octanol–water partition coefficient (Wildman–Crippen LogP) is 4.16. The Balaban J connectivity index is 2.89. The zero-order chi connectivity index (χ0) is 8.97. The molecule has 0 aliphatic carbocycles. The van der Waals surface area contributed by atoms with Gasteiger partial charge in [-0.25, -0.2) is 0 Å². The van der Waals surface area contributed by atoms with Crippen LogP contribution >= 0.6 is 34.8 Å². The van der Waals surface area contributed by atoms with Gasteiger partial charge in [0.15, 0.2) is 0 Å². The highest BCUT2D eigenvalue weighted by atomic mass is 35.5. The monoisotopic (exact) mass is 220 g/mol. The number of allylic oxidation sites excluding steroid dienone is 1. The summed E-state index contributed by atoms with van der Waals surface area (Å²) in [7, 11) is 0. The molecule has 1 aromatic carbocycles. The molecule has 0 nitrogen and oxygen atoms in total. The maximum absolute atomic E-state index is 5.89. The molecule has 0 spiro atoms. The zero-order valence-corrected chi connectivity index (χ0v) is 8.50. The normalized spacial score (nSPS) is 11.8. The average molecular weight is 222 g/mol. The molecule has 0 bridgehead atoms. The third kappa shape index (κ3) is 2.71. The maximum atomic E-state index is 5.89. The highest BCUT2D eigenvalue weighted by molar-refractivity contribution is 6.49. The molecule has 0 aliphatic heterocycles. The van der Waals surface area contributed by atoms with Crippen LogP contribution in [0.2, 0.25) is 5.02 Å². The Morgan fingerprint density at radius 2 is 1.83 bits per heavy atom. The fraction of sp³-hybridized carbons (Fsp3) is 0.111. The van der Waals surface area contributed by atoms with Crippen LogP contribution in [0, 0.1) is 0 Å². The van der Waals surface area contributed by atoms with Crippen LogP contribution in [0.3, 0.4) is 0 Å². The third-order valence-electron chi connectivity index (χ3n) is 1.38. The lowest BCUT2D eigenvalue weighted by Crippen LogP contribution is -1.76. The molecule has 0 amide bonds. The van der Waals surface area contributed by atoms with E-state index in [1.807, 2.05) is 12.1 Å². The largest absolute Gasteiger partial charge is 0.122 e. The van der Waals surface area contributed by atoms with Crippen LogP contribution in [0.15, 0.2) is 30.3 Å². The first-order valence-corrected chi connectivity index (χ1v) is 4.70. The summed E-state index contributed by atoms with van der Waals surface area (Å²) in [5, 5.41) is 1.36. The summed E-state index contributed by atoms with van der Waals surface area (Å²) in [4.78, 5) is 0. The molecule has 0 saturated heterocycles. The number of rotatable bonds is 2. The lowest BCUT2D eigenvalue weighted by Gasteiger charge is -1.97. The molecule has 0 heterocycles. The molecule has 3 heteroatoms. The van der Waals surface area contributed by atoms with Gasteiger partial charge in [0, 0.05) is 15.9 Å². The van der Waals surface area contributed by atoms with Crippen molar-refractivity contribution in [2.75, 3.05) is 5.88 Å². The molecule has 0 saturated carbocycles. The quantitative estimate of drug-likeness (QED) is 0.658. The first-order valence-electron chi connectivity index (χ1n) is 3.41. The van der Waals surface area contributed by atoms with Crippen molar-refractivity contribution in [2.45, 2.75) is 0 Å². The van der Waals surface area contributed by atoms with Crippen LogP contribution in [0.4, 0.5) is 0 Å². The molecule has 0 fully saturated rings. The van der Waals surface area contributed by atoms with Crippen LogP contribution in [0.25, 0.3) is 5.03 Å². The number of hydrogen-bond acceptors (Lipinski definition) is 0. The predicted molar refractivity (Wildman–Crippen MR) is 56.0 cm³/mol. The van der Waals surface area contributed by atoms with E-state index >= 15 is 0 Å². The van der Waals surface area contributed by atoms with E-state index < -0.39 is 0 Å². The lowest BCUT2D eigenvalue weighted by atomic mass is 10.2. The first-order chi connectivity index (χ1) is 5.74. The van der Waals surface area contributed by atoms with Crippen molar-refractivity contribution >= 4 is 39.8 Å². The molecule has 64 valence electrons. The van der Waals surface area contributed by atoms with Gasteiger partial charge in [-0.05, 0) is 17.7 Å². The molecular formula is C9H7Cl3. The molecule has 12 heavy (non-hydrogen) atoms. The molecule has 0 aromatic heterocycles. The lowest BCUT2D eigenvalue weighted by molar-refractivity contribution is 1.63. The summed E-state index contributed by atoms with van der Waals surface area (Å²) >= 11 is 17.1. The minimum atomic E-state index is 0.418. The van der Waals surface area contributed by atoms with Crippen molar-refractivity contribution in [3.05, 3.63) is 40.9 Å². The van der Waals surface area contributed by atoms with Crippen LogP contribution < -0.4 is 0 Å². The van der Waals surface area contributed by atoms with E-state index in [0.29, 0.717) is 15.9 Å². The van der Waals surface area contributed by atoms with E-state index in [1.165, 1.54) is 0 Å². The number of benzene rings is 1. The van der Waals surface area contributed by atoms with Gasteiger partial charge < -0.3 is 0 Å². The first kappa shape index (κ1) is 9.91. The highest BCUT2D eigenvalue weighted by Crippen LogP contribution is 2.20. The van der Waals surface area contributed by atoms with Gasteiger partial charge in [0.25, 0.3) is 0 Å². The summed E-state index contributed by atoms with van der Waals surface area (Å²) in [5.74, 6) is 0.418. The van der Waals surface area contributed by atoms with Gasteiger partial charge in [-0.2, -0.15) is 0 Å². The average Bonchev–Trinajstić information content (AvgIpc) is 2.06. The van der Waals surface area contributed by atoms with E-state index in [-0.39, 0.29) is 0 Å². The minimum absolute atomic E-state index is 0.418. The molecule has 0 radical (unpaired) electrons. The summed E-state index contributed by atoms with van der Waals surface area (Å²) < 4.78 is 0. The Labute approximate surface area is 86.7 Å². The van der Waals surface area contributed by atoms with Gasteiger partial charge in [-0.3, -0.25) is 0 Å². The second-order valence-corrected chi connectivity index (χ2v) is 3.37. The number of halogens is 3. The van der Waals surface area contributed by atoms with Gasteiger partial charge in [-0.1, -0.05) is 41.4 Å². The Hall–Kier alpha value is -0.170. The molecular weight excluding hydrogens is 214 g/mol. The second-order valence-electron chi connectivity index (χ2n) is 2.21. The molecule has 0 aliphatic rings. The minimum Gasteiger partial charge on any atom is -0.122 e. The van der Waals surface area contributed by atoms with Crippen molar-refractivity contribution < 1.29 is 0 Å². The van der Waals surface area contributed by atoms with Gasteiger partial charge >= 0.3 is 0 Å². The zero-order valence-electron chi connectivity index (χ0n) is 6.23. The number of hydrogen-bond donors (Lipinski definition) is 0. The van der Waals surface area contributed by atoms with Crippen molar-refractivity contribution in [3.8, 4) is 0 Å². The topological polar surface area (TPSA) is 0 Å². The van der Waals surface area contributed by atoms with Crippen LogP contribution in [0.5, 0.6) is 0 Å². The van der Waals surface area contributed by atoms with Crippen molar-refractivity contribution in [1.82, 2.24) is 0 Å². The number of alkyl halides is 1. The molecule has 0 atom stereocenters. The summed E-state index contributed by atoms with van der Waals surface area (Å²) in [6.07, 6.45) is 1.74. The van der Waals surface area contributed by atoms with Gasteiger partial charge in [0.1, 0.15) is 0 Å². The third-order valence-corrected chi connectivity index (χ3v) is 2.16. The van der Waals surface area contributed by atoms with Crippen molar-refractivity contribution in [2.24, 2.45) is 0 Å². The molecule has 0 N–H and O–H groups in total. The fourth-order valence-corrected chi connectivity index (χ4v) is 1.36. The Morgan fingerprint density at radius 3 is 2.33 bits per heavy atom. The summed E-state index contributed by atoms with van der Waals surface area (Å²) in [6, 6.07) is 7.30. The van der Waals surface area contributed by atoms with Crippen molar-refractivity contribution in [3.63, 3.8) is 0 Å². The van der Waals surface area contributed by atoms with Gasteiger partial charge in [0.2, 0.25) is 0 Å². The molecule has 0 unspecified atom stereocenters. The van der Waals surface area contributed by atoms with Gasteiger partial charge in [-0.15, -0.1) is 11.6 Å². The highest BCUT2D eigenvalue weighted by Gasteiger charge is 1.95. The van der Waals surface area contributed by atoms with E-state index in [1.54, 1.807) is 18.2 Å². The van der Waals surface area contributed by atoms with Gasteiger partial charge in [0.05, 0.1) is 0 Å².